The molecule has 4 nitrogen and oxygen atoms in total. The van der Waals surface area contributed by atoms with Gasteiger partial charge in [-0.15, -0.1) is 6.42 Å². The van der Waals surface area contributed by atoms with Crippen LogP contribution in [0.25, 0.3) is 21.1 Å². The number of aromatic amines is 1. The average Bonchev–Trinajstić information content (AvgIpc) is 3.17. The van der Waals surface area contributed by atoms with Crippen LogP contribution in [0.15, 0.2) is 53.7 Å². The van der Waals surface area contributed by atoms with E-state index in [1.165, 1.54) is 11.3 Å². The number of halogens is 1. The molecule has 4 aromatic rings. The standard InChI is InChI=1S/C19H12ClN3OS/c1-2-9-23-16-8-7-12(20)10-17(16)25-19(23)22-18(24)14-11-21-15-6-4-3-5-13(14)15/h1,3-8,10-11,21H,9H2. The summed E-state index contributed by atoms with van der Waals surface area (Å²) in [6, 6.07) is 13.2. The molecule has 0 bridgehead atoms. The number of benzene rings is 2. The summed E-state index contributed by atoms with van der Waals surface area (Å²) in [5, 5.41) is 1.49. The van der Waals surface area contributed by atoms with Crippen molar-refractivity contribution in [1.82, 2.24) is 9.55 Å². The van der Waals surface area contributed by atoms with Crippen LogP contribution >= 0.6 is 22.9 Å². The van der Waals surface area contributed by atoms with Gasteiger partial charge in [0.1, 0.15) is 0 Å². The third-order valence-corrected chi connectivity index (χ3v) is 5.19. The number of nitrogens with zero attached hydrogens (tertiary/aromatic N) is 2. The summed E-state index contributed by atoms with van der Waals surface area (Å²) in [5.41, 5.74) is 2.36. The number of carbonyl (C=O) groups is 1. The van der Waals surface area contributed by atoms with Gasteiger partial charge in [0.2, 0.25) is 0 Å². The lowest BCUT2D eigenvalue weighted by atomic mass is 10.2. The SMILES string of the molecule is C#CCn1c(=NC(=O)c2c[nH]c3ccccc23)sc2cc(Cl)ccc21. The molecule has 0 fully saturated rings. The second-order valence-electron chi connectivity index (χ2n) is 5.45. The van der Waals surface area contributed by atoms with Gasteiger partial charge in [0.05, 0.1) is 22.3 Å². The quantitative estimate of drug-likeness (QED) is 0.531. The van der Waals surface area contributed by atoms with Crippen LogP contribution in [0.3, 0.4) is 0 Å². The van der Waals surface area contributed by atoms with Gasteiger partial charge in [-0.3, -0.25) is 4.79 Å². The summed E-state index contributed by atoms with van der Waals surface area (Å²) in [4.78, 5) is 20.7. The van der Waals surface area contributed by atoms with Crippen molar-refractivity contribution in [2.24, 2.45) is 4.99 Å². The van der Waals surface area contributed by atoms with E-state index in [1.54, 1.807) is 12.3 Å². The monoisotopic (exact) mass is 365 g/mol. The van der Waals surface area contributed by atoms with Crippen molar-refractivity contribution in [3.05, 3.63) is 64.0 Å². The van der Waals surface area contributed by atoms with Crippen LogP contribution in [0.2, 0.25) is 5.02 Å². The highest BCUT2D eigenvalue weighted by molar-refractivity contribution is 7.16. The molecule has 1 N–H and O–H groups in total. The summed E-state index contributed by atoms with van der Waals surface area (Å²) >= 11 is 7.46. The summed E-state index contributed by atoms with van der Waals surface area (Å²) in [6.45, 7) is 0.335. The molecule has 0 aliphatic rings. The molecule has 0 atom stereocenters. The largest absolute Gasteiger partial charge is 0.360 e. The Kier molecular flexibility index (Phi) is 3.92. The fourth-order valence-corrected chi connectivity index (χ4v) is 4.08. The number of terminal acetylenes is 1. The molecule has 0 aliphatic heterocycles. The van der Waals surface area contributed by atoms with Crippen LogP contribution in [-0.4, -0.2) is 15.5 Å². The van der Waals surface area contributed by atoms with E-state index >= 15 is 0 Å². The number of amides is 1. The summed E-state index contributed by atoms with van der Waals surface area (Å²) < 4.78 is 2.79. The maximum absolute atomic E-state index is 12.7. The van der Waals surface area contributed by atoms with Gasteiger partial charge in [-0.1, -0.05) is 47.1 Å². The molecule has 122 valence electrons. The van der Waals surface area contributed by atoms with Gasteiger partial charge < -0.3 is 9.55 Å². The summed E-state index contributed by atoms with van der Waals surface area (Å²) in [5.74, 6) is 2.31. The maximum atomic E-state index is 12.7. The Labute approximate surface area is 152 Å². The van der Waals surface area contributed by atoms with Gasteiger partial charge in [-0.2, -0.15) is 4.99 Å². The van der Waals surface area contributed by atoms with Gasteiger partial charge in [0, 0.05) is 22.1 Å². The van der Waals surface area contributed by atoms with E-state index in [0.717, 1.165) is 21.1 Å². The van der Waals surface area contributed by atoms with Crippen LogP contribution in [0.5, 0.6) is 0 Å². The van der Waals surface area contributed by atoms with Gasteiger partial charge in [-0.25, -0.2) is 0 Å². The number of hydrogen-bond acceptors (Lipinski definition) is 2. The third-order valence-electron chi connectivity index (χ3n) is 3.91. The van der Waals surface area contributed by atoms with E-state index in [9.17, 15) is 4.79 Å². The number of para-hydroxylation sites is 1. The Morgan fingerprint density at radius 2 is 2.16 bits per heavy atom. The molecule has 1 amide bonds. The Hall–Kier alpha value is -2.81. The summed E-state index contributed by atoms with van der Waals surface area (Å²) in [7, 11) is 0. The number of hydrogen-bond donors (Lipinski definition) is 1. The number of fused-ring (bicyclic) bond motifs is 2. The molecular weight excluding hydrogens is 354 g/mol. The van der Waals surface area contributed by atoms with E-state index in [2.05, 4.69) is 15.9 Å². The number of carbonyl (C=O) groups excluding carboxylic acids is 1. The van der Waals surface area contributed by atoms with Crippen LogP contribution in [0.1, 0.15) is 10.4 Å². The molecule has 0 saturated carbocycles. The molecule has 2 aromatic heterocycles. The number of aromatic nitrogens is 2. The first-order valence-corrected chi connectivity index (χ1v) is 8.74. The second kappa shape index (κ2) is 6.25. The highest BCUT2D eigenvalue weighted by Gasteiger charge is 2.12. The lowest BCUT2D eigenvalue weighted by Crippen LogP contribution is -2.16. The van der Waals surface area contributed by atoms with E-state index < -0.39 is 0 Å². The van der Waals surface area contributed by atoms with Gasteiger partial charge in [0.25, 0.3) is 5.91 Å². The molecule has 2 heterocycles. The topological polar surface area (TPSA) is 50.1 Å². The fraction of sp³-hybridized carbons (Fsp3) is 0.0526. The van der Waals surface area contributed by atoms with E-state index in [-0.39, 0.29) is 5.91 Å². The zero-order valence-corrected chi connectivity index (χ0v) is 14.6. The van der Waals surface area contributed by atoms with Crippen molar-refractivity contribution in [2.75, 3.05) is 0 Å². The number of H-pyrrole nitrogens is 1. The first-order chi connectivity index (χ1) is 12.2. The van der Waals surface area contributed by atoms with Crippen molar-refractivity contribution >= 4 is 50.0 Å². The van der Waals surface area contributed by atoms with E-state index in [4.69, 9.17) is 18.0 Å². The Balaban J connectivity index is 1.89. The summed E-state index contributed by atoms with van der Waals surface area (Å²) in [6.07, 6.45) is 7.17. The predicted octanol–water partition coefficient (Wildman–Crippen LogP) is 4.21. The van der Waals surface area contributed by atoms with Gasteiger partial charge in [-0.05, 0) is 24.3 Å². The Bertz CT molecular complexity index is 1220. The average molecular weight is 366 g/mol. The van der Waals surface area contributed by atoms with Crippen LogP contribution in [0, 0.1) is 12.3 Å². The molecule has 0 aliphatic carbocycles. The first-order valence-electron chi connectivity index (χ1n) is 7.55. The number of nitrogens with one attached hydrogen (secondary N) is 1. The van der Waals surface area contributed by atoms with E-state index in [1.807, 2.05) is 41.0 Å². The van der Waals surface area contributed by atoms with Crippen molar-refractivity contribution in [3.8, 4) is 12.3 Å². The maximum Gasteiger partial charge on any atom is 0.281 e. The normalized spacial score (nSPS) is 11.9. The van der Waals surface area contributed by atoms with Crippen molar-refractivity contribution in [2.45, 2.75) is 6.54 Å². The molecule has 6 heteroatoms. The van der Waals surface area contributed by atoms with Crippen LogP contribution < -0.4 is 4.80 Å². The highest BCUT2D eigenvalue weighted by atomic mass is 35.5. The fourth-order valence-electron chi connectivity index (χ4n) is 2.77. The molecule has 0 saturated heterocycles. The lowest BCUT2D eigenvalue weighted by Gasteiger charge is -1.99. The lowest BCUT2D eigenvalue weighted by molar-refractivity contribution is 0.0999. The van der Waals surface area contributed by atoms with Crippen molar-refractivity contribution < 1.29 is 4.79 Å². The minimum atomic E-state index is -0.305. The molecule has 0 radical (unpaired) electrons. The van der Waals surface area contributed by atoms with Crippen LogP contribution in [0.4, 0.5) is 0 Å². The minimum absolute atomic E-state index is 0.305. The molecule has 25 heavy (non-hydrogen) atoms. The molecule has 2 aromatic carbocycles. The molecular formula is C19H12ClN3OS. The van der Waals surface area contributed by atoms with Crippen molar-refractivity contribution in [1.29, 1.82) is 0 Å². The number of thiazole rings is 1. The second-order valence-corrected chi connectivity index (χ2v) is 6.90. The minimum Gasteiger partial charge on any atom is -0.360 e. The highest BCUT2D eigenvalue weighted by Crippen LogP contribution is 2.22. The Morgan fingerprint density at radius 3 is 3.00 bits per heavy atom. The molecule has 4 rings (SSSR count). The van der Waals surface area contributed by atoms with Crippen molar-refractivity contribution in [3.63, 3.8) is 0 Å². The van der Waals surface area contributed by atoms with Gasteiger partial charge >= 0.3 is 0 Å². The molecule has 0 spiro atoms. The Morgan fingerprint density at radius 1 is 1.32 bits per heavy atom. The zero-order chi connectivity index (χ0) is 17.4. The molecule has 0 unspecified atom stereocenters. The third kappa shape index (κ3) is 2.76. The predicted molar refractivity (Wildman–Crippen MR) is 102 cm³/mol. The van der Waals surface area contributed by atoms with E-state index in [0.29, 0.717) is 21.9 Å². The van der Waals surface area contributed by atoms with Gasteiger partial charge in [0.15, 0.2) is 4.80 Å². The first kappa shape index (κ1) is 15.7. The van der Waals surface area contributed by atoms with Crippen LogP contribution in [-0.2, 0) is 6.54 Å². The smallest absolute Gasteiger partial charge is 0.281 e. The number of rotatable bonds is 2. The zero-order valence-electron chi connectivity index (χ0n) is 13.0.